The molecule has 1 N–H and O–H groups in total. The molecule has 6 heteroatoms. The standard InChI is InChI=1S/C29H36N2O4/c1-4-8-25-26(21-9-6-5-7-10-21)27(22-15-17-24(34-2)18-16-22)31(30-25)19-20-11-13-23(14-12-20)28(35-3)29(32)33/h5-7,9-10,15-18,20,23,28H,4,8,11-14,19H2,1-3H3,(H,32,33)/t20-,23-,28?. The Balaban J connectivity index is 1.68. The Bertz CT molecular complexity index is 1100. The number of carboxylic acid groups (broad SMARTS) is 1. The zero-order valence-corrected chi connectivity index (χ0v) is 20.9. The number of benzene rings is 2. The molecule has 1 saturated carbocycles. The second-order valence-electron chi connectivity index (χ2n) is 9.47. The lowest BCUT2D eigenvalue weighted by atomic mass is 9.79. The van der Waals surface area contributed by atoms with Gasteiger partial charge in [0.15, 0.2) is 6.10 Å². The van der Waals surface area contributed by atoms with E-state index in [9.17, 15) is 9.90 Å². The van der Waals surface area contributed by atoms with Crippen molar-refractivity contribution in [2.45, 2.75) is 58.1 Å². The van der Waals surface area contributed by atoms with Gasteiger partial charge in [0.2, 0.25) is 0 Å². The lowest BCUT2D eigenvalue weighted by Gasteiger charge is -2.31. The maximum Gasteiger partial charge on any atom is 0.333 e. The summed E-state index contributed by atoms with van der Waals surface area (Å²) in [5.74, 6) is 0.497. The number of nitrogens with zero attached hydrogens (tertiary/aromatic N) is 2. The molecule has 1 atom stereocenters. The molecule has 0 amide bonds. The van der Waals surface area contributed by atoms with Gasteiger partial charge in [0.25, 0.3) is 0 Å². The summed E-state index contributed by atoms with van der Waals surface area (Å²) in [6.45, 7) is 3.01. The Morgan fingerprint density at radius 3 is 2.29 bits per heavy atom. The van der Waals surface area contributed by atoms with E-state index >= 15 is 0 Å². The summed E-state index contributed by atoms with van der Waals surface area (Å²) in [6.07, 6.45) is 4.91. The van der Waals surface area contributed by atoms with E-state index in [2.05, 4.69) is 48.0 Å². The van der Waals surface area contributed by atoms with Crippen LogP contribution in [0, 0.1) is 11.8 Å². The van der Waals surface area contributed by atoms with E-state index in [-0.39, 0.29) is 5.92 Å². The molecule has 1 unspecified atom stereocenters. The molecule has 0 saturated heterocycles. The number of ether oxygens (including phenoxy) is 2. The molecule has 0 spiro atoms. The van der Waals surface area contributed by atoms with Gasteiger partial charge in [0.05, 0.1) is 18.5 Å². The number of methoxy groups -OCH3 is 2. The van der Waals surface area contributed by atoms with E-state index in [1.165, 1.54) is 18.2 Å². The number of rotatable bonds is 10. The minimum absolute atomic E-state index is 0.0722. The lowest BCUT2D eigenvalue weighted by Crippen LogP contribution is -2.34. The first-order chi connectivity index (χ1) is 17.0. The highest BCUT2D eigenvalue weighted by Crippen LogP contribution is 2.39. The molecule has 1 aliphatic carbocycles. The van der Waals surface area contributed by atoms with Crippen molar-refractivity contribution < 1.29 is 19.4 Å². The average molecular weight is 477 g/mol. The Hall–Kier alpha value is -3.12. The van der Waals surface area contributed by atoms with Crippen molar-refractivity contribution in [3.63, 3.8) is 0 Å². The van der Waals surface area contributed by atoms with Crippen LogP contribution in [-0.2, 0) is 22.5 Å². The molecule has 1 aromatic heterocycles. The zero-order valence-electron chi connectivity index (χ0n) is 20.9. The highest BCUT2D eigenvalue weighted by atomic mass is 16.5. The molecule has 0 aliphatic heterocycles. The lowest BCUT2D eigenvalue weighted by molar-refractivity contribution is -0.153. The molecule has 1 heterocycles. The molecule has 2 aromatic carbocycles. The molecular formula is C29H36N2O4. The summed E-state index contributed by atoms with van der Waals surface area (Å²) in [5, 5.41) is 14.6. The maximum absolute atomic E-state index is 11.5. The zero-order chi connectivity index (χ0) is 24.8. The highest BCUT2D eigenvalue weighted by Gasteiger charge is 2.33. The SMILES string of the molecule is CCCc1nn(C[C@H]2CC[C@H](C(OC)C(=O)O)CC2)c(-c2ccc(OC)cc2)c1-c1ccccc1. The number of carboxylic acids is 1. The molecule has 186 valence electrons. The molecule has 1 aliphatic rings. The predicted octanol–water partition coefficient (Wildman–Crippen LogP) is 6.08. The van der Waals surface area contributed by atoms with Crippen molar-refractivity contribution >= 4 is 5.97 Å². The third-order valence-corrected chi connectivity index (χ3v) is 7.19. The molecule has 6 nitrogen and oxygen atoms in total. The third kappa shape index (κ3) is 5.59. The van der Waals surface area contributed by atoms with Crippen LogP contribution in [0.15, 0.2) is 54.6 Å². The highest BCUT2D eigenvalue weighted by molar-refractivity contribution is 5.83. The van der Waals surface area contributed by atoms with E-state index in [0.29, 0.717) is 5.92 Å². The van der Waals surface area contributed by atoms with Crippen LogP contribution in [0.4, 0.5) is 0 Å². The van der Waals surface area contributed by atoms with Crippen LogP contribution in [0.5, 0.6) is 5.75 Å². The van der Waals surface area contributed by atoms with Crippen LogP contribution < -0.4 is 4.74 Å². The van der Waals surface area contributed by atoms with Gasteiger partial charge in [-0.3, -0.25) is 4.68 Å². The maximum atomic E-state index is 11.5. The summed E-state index contributed by atoms with van der Waals surface area (Å²) in [6, 6.07) is 18.8. The minimum Gasteiger partial charge on any atom is -0.497 e. The van der Waals surface area contributed by atoms with Gasteiger partial charge in [-0.2, -0.15) is 5.10 Å². The summed E-state index contributed by atoms with van der Waals surface area (Å²) >= 11 is 0. The summed E-state index contributed by atoms with van der Waals surface area (Å²) in [5.41, 5.74) is 5.78. The Morgan fingerprint density at radius 1 is 1.03 bits per heavy atom. The number of aryl methyl sites for hydroxylation is 1. The van der Waals surface area contributed by atoms with Crippen LogP contribution in [-0.4, -0.2) is 41.2 Å². The minimum atomic E-state index is -0.860. The van der Waals surface area contributed by atoms with Crippen molar-refractivity contribution in [3.05, 3.63) is 60.3 Å². The van der Waals surface area contributed by atoms with Crippen LogP contribution in [0.2, 0.25) is 0 Å². The second-order valence-corrected chi connectivity index (χ2v) is 9.47. The van der Waals surface area contributed by atoms with E-state index < -0.39 is 12.1 Å². The number of carbonyl (C=O) groups is 1. The monoisotopic (exact) mass is 476 g/mol. The first kappa shape index (κ1) is 25.0. The van der Waals surface area contributed by atoms with Crippen LogP contribution in [0.3, 0.4) is 0 Å². The smallest absolute Gasteiger partial charge is 0.333 e. The van der Waals surface area contributed by atoms with E-state index in [0.717, 1.165) is 67.8 Å². The molecule has 35 heavy (non-hydrogen) atoms. The van der Waals surface area contributed by atoms with Gasteiger partial charge in [-0.1, -0.05) is 43.7 Å². The summed E-state index contributed by atoms with van der Waals surface area (Å²) in [7, 11) is 3.18. The Kier molecular flexibility index (Phi) is 8.24. The largest absolute Gasteiger partial charge is 0.497 e. The van der Waals surface area contributed by atoms with Gasteiger partial charge in [-0.05, 0) is 73.8 Å². The van der Waals surface area contributed by atoms with Crippen LogP contribution in [0.25, 0.3) is 22.4 Å². The Labute approximate surface area is 207 Å². The van der Waals surface area contributed by atoms with Crippen molar-refractivity contribution in [2.24, 2.45) is 11.8 Å². The molecule has 0 radical (unpaired) electrons. The van der Waals surface area contributed by atoms with Crippen molar-refractivity contribution in [1.29, 1.82) is 0 Å². The number of hydrogen-bond donors (Lipinski definition) is 1. The van der Waals surface area contributed by atoms with Gasteiger partial charge in [-0.15, -0.1) is 0 Å². The summed E-state index contributed by atoms with van der Waals surface area (Å²) in [4.78, 5) is 11.5. The van der Waals surface area contributed by atoms with Crippen molar-refractivity contribution in [2.75, 3.05) is 14.2 Å². The quantitative estimate of drug-likeness (QED) is 0.384. The average Bonchev–Trinajstić information content (AvgIpc) is 3.23. The fraction of sp³-hybridized carbons (Fsp3) is 0.448. The van der Waals surface area contributed by atoms with Gasteiger partial charge in [0.1, 0.15) is 5.75 Å². The second kappa shape index (κ2) is 11.5. The fourth-order valence-electron chi connectivity index (χ4n) is 5.42. The molecule has 4 rings (SSSR count). The number of aliphatic carboxylic acids is 1. The summed E-state index contributed by atoms with van der Waals surface area (Å²) < 4.78 is 12.9. The van der Waals surface area contributed by atoms with Crippen molar-refractivity contribution in [1.82, 2.24) is 9.78 Å². The predicted molar refractivity (Wildman–Crippen MR) is 138 cm³/mol. The first-order valence-corrected chi connectivity index (χ1v) is 12.6. The van der Waals surface area contributed by atoms with Crippen LogP contribution in [0.1, 0.15) is 44.7 Å². The molecule has 3 aromatic rings. The normalized spacial score (nSPS) is 18.8. The van der Waals surface area contributed by atoms with Gasteiger partial charge < -0.3 is 14.6 Å². The fourth-order valence-corrected chi connectivity index (χ4v) is 5.42. The topological polar surface area (TPSA) is 73.6 Å². The van der Waals surface area contributed by atoms with Crippen LogP contribution >= 0.6 is 0 Å². The molecule has 0 bridgehead atoms. The molecule has 1 fully saturated rings. The Morgan fingerprint density at radius 2 is 1.71 bits per heavy atom. The first-order valence-electron chi connectivity index (χ1n) is 12.6. The third-order valence-electron chi connectivity index (χ3n) is 7.19. The van der Waals surface area contributed by atoms with Gasteiger partial charge in [0, 0.05) is 24.8 Å². The van der Waals surface area contributed by atoms with Crippen molar-refractivity contribution in [3.8, 4) is 28.1 Å². The number of hydrogen-bond acceptors (Lipinski definition) is 4. The van der Waals surface area contributed by atoms with E-state index in [1.54, 1.807) is 7.11 Å². The molecular weight excluding hydrogens is 440 g/mol. The van der Waals surface area contributed by atoms with Gasteiger partial charge >= 0.3 is 5.97 Å². The van der Waals surface area contributed by atoms with E-state index in [4.69, 9.17) is 14.6 Å². The van der Waals surface area contributed by atoms with Gasteiger partial charge in [-0.25, -0.2) is 4.79 Å². The number of aromatic nitrogens is 2. The van der Waals surface area contributed by atoms with E-state index in [1.807, 2.05) is 18.2 Å².